The van der Waals surface area contributed by atoms with E-state index in [-0.39, 0.29) is 31.1 Å². The molecule has 0 saturated heterocycles. The Hall–Kier alpha value is -2.16. The number of unbranched alkanes of at least 4 members (excludes halogenated alkanes) is 14. The third kappa shape index (κ3) is 26.0. The normalized spacial score (nSPS) is 12.6. The van der Waals surface area contributed by atoms with Crippen molar-refractivity contribution in [3.8, 4) is 0 Å². The summed E-state index contributed by atoms with van der Waals surface area (Å²) in [4.78, 5) is 49.5. The second-order valence-corrected chi connectivity index (χ2v) is 12.6. The second-order valence-electron chi connectivity index (χ2n) is 12.6. The summed E-state index contributed by atoms with van der Waals surface area (Å²) in [5, 5.41) is 17.8. The molecule has 6 N–H and O–H groups in total. The highest BCUT2D eigenvalue weighted by Gasteiger charge is 2.24. The predicted molar refractivity (Wildman–Crippen MR) is 176 cm³/mol. The number of carbonyl (C=O) groups is 4. The number of carboxylic acids is 1. The van der Waals surface area contributed by atoms with Gasteiger partial charge in [0, 0.05) is 19.4 Å². The maximum Gasteiger partial charge on any atom is 0.326 e. The fourth-order valence-corrected chi connectivity index (χ4v) is 5.14. The van der Waals surface area contributed by atoms with E-state index >= 15 is 0 Å². The number of carbonyl (C=O) groups excluding carboxylic acids is 3. The largest absolute Gasteiger partial charge is 0.480 e. The van der Waals surface area contributed by atoms with E-state index in [4.69, 9.17) is 5.73 Å². The van der Waals surface area contributed by atoms with Crippen LogP contribution in [0, 0.1) is 5.92 Å². The average molecular weight is 611 g/mol. The Morgan fingerprint density at radius 3 is 1.65 bits per heavy atom. The highest BCUT2D eigenvalue weighted by atomic mass is 16.4. The zero-order valence-corrected chi connectivity index (χ0v) is 27.9. The van der Waals surface area contributed by atoms with Gasteiger partial charge < -0.3 is 26.8 Å². The smallest absolute Gasteiger partial charge is 0.326 e. The second kappa shape index (κ2) is 28.6. The molecule has 3 amide bonds. The van der Waals surface area contributed by atoms with E-state index in [1.54, 1.807) is 0 Å². The molecule has 0 saturated carbocycles. The van der Waals surface area contributed by atoms with Crippen LogP contribution in [0.5, 0.6) is 0 Å². The van der Waals surface area contributed by atoms with Gasteiger partial charge in [0.15, 0.2) is 0 Å². The third-order valence-electron chi connectivity index (χ3n) is 7.91. The molecule has 0 fully saturated rings. The summed E-state index contributed by atoms with van der Waals surface area (Å²) >= 11 is 0. The van der Waals surface area contributed by atoms with Crippen molar-refractivity contribution in [3.63, 3.8) is 0 Å². The zero-order chi connectivity index (χ0) is 32.1. The van der Waals surface area contributed by atoms with Crippen molar-refractivity contribution in [1.29, 1.82) is 0 Å². The lowest BCUT2D eigenvalue weighted by atomic mass is 10.0. The number of nitrogens with one attached hydrogen (secondary N) is 3. The highest BCUT2D eigenvalue weighted by Crippen LogP contribution is 2.13. The van der Waals surface area contributed by atoms with Crippen LogP contribution in [-0.2, 0) is 19.2 Å². The number of hydrogen-bond donors (Lipinski definition) is 5. The van der Waals surface area contributed by atoms with E-state index in [9.17, 15) is 24.3 Å². The molecule has 2 atom stereocenters. The summed E-state index contributed by atoms with van der Waals surface area (Å²) in [6.07, 6.45) is 20.9. The molecular weight excluding hydrogens is 544 g/mol. The minimum absolute atomic E-state index is 0.0299. The molecule has 43 heavy (non-hydrogen) atoms. The van der Waals surface area contributed by atoms with E-state index in [1.807, 2.05) is 0 Å². The predicted octanol–water partition coefficient (Wildman–Crippen LogP) is 6.37. The van der Waals surface area contributed by atoms with Crippen molar-refractivity contribution in [2.45, 2.75) is 174 Å². The molecule has 0 heterocycles. The molecule has 252 valence electrons. The first-order valence-electron chi connectivity index (χ1n) is 17.5. The van der Waals surface area contributed by atoms with Gasteiger partial charge in [-0.05, 0) is 51.0 Å². The van der Waals surface area contributed by atoms with E-state index in [1.165, 1.54) is 64.2 Å². The fourth-order valence-electron chi connectivity index (χ4n) is 5.14. The highest BCUT2D eigenvalue weighted by molar-refractivity contribution is 5.88. The minimum Gasteiger partial charge on any atom is -0.480 e. The Labute approximate surface area is 262 Å². The van der Waals surface area contributed by atoms with Gasteiger partial charge in [0.1, 0.15) is 12.1 Å². The van der Waals surface area contributed by atoms with Crippen LogP contribution in [0.4, 0.5) is 0 Å². The van der Waals surface area contributed by atoms with Crippen molar-refractivity contribution < 1.29 is 24.3 Å². The summed E-state index contributed by atoms with van der Waals surface area (Å²) in [5.74, 6) is -1.46. The SMILES string of the molecule is CCCCCCCCCCCCCCCC(=O)N[C@@H](CCC(=O)N[C@@H](CCCCN)C(=O)NCCCCC(C)C)C(=O)O. The molecule has 9 nitrogen and oxygen atoms in total. The molecular formula is C34H66N4O5. The average Bonchev–Trinajstić information content (AvgIpc) is 2.96. The molecule has 0 aliphatic heterocycles. The first-order valence-corrected chi connectivity index (χ1v) is 17.5. The Morgan fingerprint density at radius 1 is 0.605 bits per heavy atom. The minimum atomic E-state index is -1.16. The number of carboxylic acid groups (broad SMARTS) is 1. The topological polar surface area (TPSA) is 151 Å². The van der Waals surface area contributed by atoms with Crippen molar-refractivity contribution in [2.24, 2.45) is 11.7 Å². The van der Waals surface area contributed by atoms with Crippen molar-refractivity contribution >= 4 is 23.7 Å². The van der Waals surface area contributed by atoms with E-state index < -0.39 is 24.0 Å². The van der Waals surface area contributed by atoms with Crippen LogP contribution in [0.25, 0.3) is 0 Å². The first kappa shape index (κ1) is 40.8. The molecule has 0 radical (unpaired) electrons. The lowest BCUT2D eigenvalue weighted by Crippen LogP contribution is -2.47. The lowest BCUT2D eigenvalue weighted by Gasteiger charge is -2.19. The van der Waals surface area contributed by atoms with Crippen molar-refractivity contribution in [3.05, 3.63) is 0 Å². The van der Waals surface area contributed by atoms with Gasteiger partial charge in [0.2, 0.25) is 17.7 Å². The molecule has 0 aromatic carbocycles. The Balaban J connectivity index is 4.29. The summed E-state index contributed by atoms with van der Waals surface area (Å²) in [5.41, 5.74) is 5.59. The summed E-state index contributed by atoms with van der Waals surface area (Å²) in [6.45, 7) is 7.65. The van der Waals surface area contributed by atoms with Crippen LogP contribution in [-0.4, -0.2) is 54.0 Å². The van der Waals surface area contributed by atoms with Crippen molar-refractivity contribution in [1.82, 2.24) is 16.0 Å². The van der Waals surface area contributed by atoms with Gasteiger partial charge in [0.05, 0.1) is 0 Å². The molecule has 0 aromatic rings. The molecule has 0 bridgehead atoms. The molecule has 9 heteroatoms. The zero-order valence-electron chi connectivity index (χ0n) is 27.9. The van der Waals surface area contributed by atoms with Gasteiger partial charge in [-0.3, -0.25) is 14.4 Å². The molecule has 0 unspecified atom stereocenters. The number of amides is 3. The number of rotatable bonds is 30. The van der Waals surface area contributed by atoms with E-state index in [0.29, 0.717) is 31.8 Å². The van der Waals surface area contributed by atoms with Crippen LogP contribution in [0.15, 0.2) is 0 Å². The maximum absolute atomic E-state index is 12.7. The third-order valence-corrected chi connectivity index (χ3v) is 7.91. The summed E-state index contributed by atoms with van der Waals surface area (Å²) < 4.78 is 0. The van der Waals surface area contributed by atoms with Crippen molar-refractivity contribution in [2.75, 3.05) is 13.1 Å². The number of hydrogen-bond acceptors (Lipinski definition) is 5. The van der Waals surface area contributed by atoms with Gasteiger partial charge >= 0.3 is 5.97 Å². The maximum atomic E-state index is 12.7. The van der Waals surface area contributed by atoms with E-state index in [2.05, 4.69) is 36.7 Å². The molecule has 0 rings (SSSR count). The Bertz CT molecular complexity index is 732. The molecule has 0 aliphatic rings. The number of nitrogens with two attached hydrogens (primary N) is 1. The molecule has 0 aromatic heterocycles. The number of aliphatic carboxylic acids is 1. The van der Waals surface area contributed by atoms with Gasteiger partial charge in [0.25, 0.3) is 0 Å². The van der Waals surface area contributed by atoms with Crippen LogP contribution in [0.1, 0.15) is 162 Å². The van der Waals surface area contributed by atoms with Crippen LogP contribution in [0.3, 0.4) is 0 Å². The van der Waals surface area contributed by atoms with Crippen LogP contribution >= 0.6 is 0 Å². The Kier molecular flexibility index (Phi) is 27.2. The quantitative estimate of drug-likeness (QED) is 0.0596. The fraction of sp³-hybridized carbons (Fsp3) is 0.882. The molecule has 0 aliphatic carbocycles. The van der Waals surface area contributed by atoms with Crippen LogP contribution in [0.2, 0.25) is 0 Å². The standard InChI is InChI=1S/C34H66N4O5/c1-4-5-6-7-8-9-10-11-12-13-14-15-16-23-31(39)38-30(34(42)43)24-25-32(40)37-29(22-17-19-26-35)33(41)36-27-20-18-21-28(2)3/h28-30H,4-27,35H2,1-3H3,(H,36,41)(H,37,40)(H,38,39)(H,42,43)/t29-,30-/m0/s1. The van der Waals surface area contributed by atoms with E-state index in [0.717, 1.165) is 44.9 Å². The monoisotopic (exact) mass is 611 g/mol. The van der Waals surface area contributed by atoms with Crippen LogP contribution < -0.4 is 21.7 Å². The Morgan fingerprint density at radius 2 is 1.12 bits per heavy atom. The van der Waals surface area contributed by atoms with Gasteiger partial charge in [-0.1, -0.05) is 111 Å². The first-order chi connectivity index (χ1) is 20.7. The summed E-state index contributed by atoms with van der Waals surface area (Å²) in [6, 6.07) is -1.82. The van der Waals surface area contributed by atoms with Gasteiger partial charge in [-0.15, -0.1) is 0 Å². The van der Waals surface area contributed by atoms with Gasteiger partial charge in [-0.25, -0.2) is 4.79 Å². The lowest BCUT2D eigenvalue weighted by molar-refractivity contribution is -0.142. The molecule has 0 spiro atoms. The summed E-state index contributed by atoms with van der Waals surface area (Å²) in [7, 11) is 0. The van der Waals surface area contributed by atoms with Gasteiger partial charge in [-0.2, -0.15) is 0 Å².